The summed E-state index contributed by atoms with van der Waals surface area (Å²) >= 11 is 1.72. The van der Waals surface area contributed by atoms with E-state index in [1.807, 2.05) is 12.1 Å². The van der Waals surface area contributed by atoms with Gasteiger partial charge in [0.25, 0.3) is 0 Å². The third-order valence-electron chi connectivity index (χ3n) is 4.40. The van der Waals surface area contributed by atoms with Crippen molar-refractivity contribution < 1.29 is 14.7 Å². The summed E-state index contributed by atoms with van der Waals surface area (Å²) in [4.78, 5) is 25.3. The van der Waals surface area contributed by atoms with Crippen LogP contribution in [0.3, 0.4) is 0 Å². The van der Waals surface area contributed by atoms with Crippen LogP contribution >= 0.6 is 11.8 Å². The fourth-order valence-electron chi connectivity index (χ4n) is 3.14. The molecule has 1 saturated heterocycles. The highest BCUT2D eigenvalue weighted by Gasteiger charge is 2.28. The van der Waals surface area contributed by atoms with E-state index in [1.165, 1.54) is 10.8 Å². The lowest BCUT2D eigenvalue weighted by Gasteiger charge is -2.34. The molecule has 1 aliphatic rings. The number of hydrogen-bond acceptors (Lipinski definition) is 3. The quantitative estimate of drug-likeness (QED) is 0.906. The Labute approximate surface area is 145 Å². The predicted octanol–water partition coefficient (Wildman–Crippen LogP) is 3.19. The number of hydrogen-bond donors (Lipinski definition) is 1. The molecule has 5 heteroatoms. The Bertz CT molecular complexity index is 746. The molecule has 1 amide bonds. The van der Waals surface area contributed by atoms with Gasteiger partial charge in [0.05, 0.1) is 12.5 Å². The largest absolute Gasteiger partial charge is 0.481 e. The van der Waals surface area contributed by atoms with Gasteiger partial charge in [0.2, 0.25) is 5.91 Å². The molecule has 1 heterocycles. The highest BCUT2D eigenvalue weighted by atomic mass is 32.2. The van der Waals surface area contributed by atoms with Crippen LogP contribution < -0.4 is 0 Å². The summed E-state index contributed by atoms with van der Waals surface area (Å²) in [5.41, 5.74) is 1.14. The number of rotatable bonds is 5. The highest BCUT2D eigenvalue weighted by Crippen LogP contribution is 2.21. The minimum absolute atomic E-state index is 0.0364. The normalized spacial score (nSPS) is 17.8. The number of carbonyl (C=O) groups is 2. The fourth-order valence-corrected chi connectivity index (χ4v) is 4.21. The molecule has 0 saturated carbocycles. The Morgan fingerprint density at radius 1 is 1.17 bits per heavy atom. The molecular formula is C19H21NO3S. The van der Waals surface area contributed by atoms with Crippen LogP contribution in [0.1, 0.15) is 18.4 Å². The molecule has 2 aromatic carbocycles. The van der Waals surface area contributed by atoms with Gasteiger partial charge in [-0.2, -0.15) is 11.8 Å². The van der Waals surface area contributed by atoms with E-state index in [2.05, 4.69) is 30.3 Å². The van der Waals surface area contributed by atoms with Crippen LogP contribution in [0.4, 0.5) is 0 Å². The maximum Gasteiger partial charge on any atom is 0.305 e. The van der Waals surface area contributed by atoms with Crippen LogP contribution in [-0.4, -0.2) is 46.0 Å². The molecule has 1 aliphatic heterocycles. The van der Waals surface area contributed by atoms with Crippen LogP contribution in [0.25, 0.3) is 10.8 Å². The van der Waals surface area contributed by atoms with Crippen molar-refractivity contribution in [2.45, 2.75) is 25.3 Å². The smallest absolute Gasteiger partial charge is 0.305 e. The van der Waals surface area contributed by atoms with Gasteiger partial charge >= 0.3 is 5.97 Å². The molecule has 0 radical (unpaired) electrons. The number of benzene rings is 2. The Kier molecular flexibility index (Phi) is 5.41. The zero-order valence-electron chi connectivity index (χ0n) is 13.5. The third kappa shape index (κ3) is 4.09. The van der Waals surface area contributed by atoms with Crippen molar-refractivity contribution in [2.75, 3.05) is 18.1 Å². The average molecular weight is 343 g/mol. The predicted molar refractivity (Wildman–Crippen MR) is 97.3 cm³/mol. The monoisotopic (exact) mass is 343 g/mol. The molecule has 0 aromatic heterocycles. The first-order chi connectivity index (χ1) is 11.6. The van der Waals surface area contributed by atoms with Gasteiger partial charge in [-0.1, -0.05) is 42.5 Å². The molecule has 0 aliphatic carbocycles. The number of carbonyl (C=O) groups excluding carboxylic acids is 1. The number of aryl methyl sites for hydroxylation is 1. The van der Waals surface area contributed by atoms with Crippen LogP contribution in [-0.2, 0) is 16.0 Å². The van der Waals surface area contributed by atoms with E-state index >= 15 is 0 Å². The maximum atomic E-state index is 12.6. The number of carboxylic acid groups (broad SMARTS) is 1. The number of fused-ring (bicyclic) bond motifs is 1. The summed E-state index contributed by atoms with van der Waals surface area (Å²) in [6, 6.07) is 14.3. The number of carboxylic acids is 1. The number of nitrogens with zero attached hydrogens (tertiary/aromatic N) is 1. The molecular weight excluding hydrogens is 322 g/mol. The zero-order valence-corrected chi connectivity index (χ0v) is 14.3. The molecule has 4 nitrogen and oxygen atoms in total. The van der Waals surface area contributed by atoms with E-state index < -0.39 is 5.97 Å². The minimum atomic E-state index is -0.838. The highest BCUT2D eigenvalue weighted by molar-refractivity contribution is 7.99. The second-order valence-electron chi connectivity index (χ2n) is 6.10. The van der Waals surface area contributed by atoms with Gasteiger partial charge in [-0.25, -0.2) is 0 Å². The average Bonchev–Trinajstić information content (AvgIpc) is 2.59. The van der Waals surface area contributed by atoms with Crippen molar-refractivity contribution >= 4 is 34.4 Å². The third-order valence-corrected chi connectivity index (χ3v) is 5.49. The zero-order chi connectivity index (χ0) is 16.9. The number of amides is 1. The minimum Gasteiger partial charge on any atom is -0.481 e. The lowest BCUT2D eigenvalue weighted by molar-refractivity contribution is -0.140. The number of aliphatic carboxylic acids is 1. The van der Waals surface area contributed by atoms with Crippen molar-refractivity contribution in [2.24, 2.45) is 0 Å². The Morgan fingerprint density at radius 3 is 2.75 bits per heavy atom. The van der Waals surface area contributed by atoms with Gasteiger partial charge in [0.15, 0.2) is 0 Å². The van der Waals surface area contributed by atoms with Crippen LogP contribution in [0.2, 0.25) is 0 Å². The summed E-state index contributed by atoms with van der Waals surface area (Å²) in [6.45, 7) is 0.652. The second-order valence-corrected chi connectivity index (χ2v) is 7.25. The summed E-state index contributed by atoms with van der Waals surface area (Å²) in [5.74, 6) is 0.829. The summed E-state index contributed by atoms with van der Waals surface area (Å²) in [5, 5.41) is 11.4. The van der Waals surface area contributed by atoms with E-state index in [-0.39, 0.29) is 18.4 Å². The lowest BCUT2D eigenvalue weighted by atomic mass is 10.0. The molecule has 0 spiro atoms. The molecule has 3 rings (SSSR count). The summed E-state index contributed by atoms with van der Waals surface area (Å²) in [7, 11) is 0. The molecule has 24 heavy (non-hydrogen) atoms. The van der Waals surface area contributed by atoms with Crippen LogP contribution in [0.5, 0.6) is 0 Å². The SMILES string of the molecule is O=C(O)CC1CSCCN1C(=O)CCc1ccc2ccccc2c1. The Balaban J connectivity index is 1.63. The summed E-state index contributed by atoms with van der Waals surface area (Å²) < 4.78 is 0. The van der Waals surface area contributed by atoms with Crippen LogP contribution in [0, 0.1) is 0 Å². The molecule has 126 valence electrons. The second kappa shape index (κ2) is 7.71. The van der Waals surface area contributed by atoms with Crippen molar-refractivity contribution in [3.63, 3.8) is 0 Å². The Hall–Kier alpha value is -2.01. The van der Waals surface area contributed by atoms with E-state index in [9.17, 15) is 9.59 Å². The molecule has 1 N–H and O–H groups in total. The fraction of sp³-hybridized carbons (Fsp3) is 0.368. The van der Waals surface area contributed by atoms with Gasteiger partial charge in [0, 0.05) is 24.5 Å². The van der Waals surface area contributed by atoms with Crippen molar-refractivity contribution in [1.29, 1.82) is 0 Å². The molecule has 2 aromatic rings. The van der Waals surface area contributed by atoms with Crippen molar-refractivity contribution in [3.8, 4) is 0 Å². The van der Waals surface area contributed by atoms with Crippen molar-refractivity contribution in [3.05, 3.63) is 48.0 Å². The van der Waals surface area contributed by atoms with Crippen molar-refractivity contribution in [1.82, 2.24) is 4.90 Å². The first-order valence-electron chi connectivity index (χ1n) is 8.20. The van der Waals surface area contributed by atoms with Gasteiger partial charge in [-0.3, -0.25) is 9.59 Å². The first kappa shape index (κ1) is 16.8. The molecule has 1 fully saturated rings. The topological polar surface area (TPSA) is 57.6 Å². The van der Waals surface area contributed by atoms with Gasteiger partial charge in [-0.05, 0) is 22.8 Å². The molecule has 1 unspecified atom stereocenters. The first-order valence-corrected chi connectivity index (χ1v) is 9.35. The molecule has 0 bridgehead atoms. The van der Waals surface area contributed by atoms with E-state index in [0.29, 0.717) is 25.1 Å². The van der Waals surface area contributed by atoms with E-state index in [1.54, 1.807) is 16.7 Å². The van der Waals surface area contributed by atoms with Gasteiger partial charge in [0.1, 0.15) is 0 Å². The molecule has 1 atom stereocenters. The number of thioether (sulfide) groups is 1. The van der Waals surface area contributed by atoms with Gasteiger partial charge < -0.3 is 10.0 Å². The van der Waals surface area contributed by atoms with E-state index in [4.69, 9.17) is 5.11 Å². The maximum absolute atomic E-state index is 12.6. The van der Waals surface area contributed by atoms with Crippen LogP contribution in [0.15, 0.2) is 42.5 Å². The lowest BCUT2D eigenvalue weighted by Crippen LogP contribution is -2.47. The summed E-state index contributed by atoms with van der Waals surface area (Å²) in [6.07, 6.45) is 1.15. The standard InChI is InChI=1S/C19H21NO3S/c21-18(20-9-10-24-13-17(20)12-19(22)23)8-6-14-5-7-15-3-1-2-4-16(15)11-14/h1-5,7,11,17H,6,8-10,12-13H2,(H,22,23). The Morgan fingerprint density at radius 2 is 1.96 bits per heavy atom. The van der Waals surface area contributed by atoms with Gasteiger partial charge in [-0.15, -0.1) is 0 Å². The van der Waals surface area contributed by atoms with E-state index in [0.717, 1.165) is 11.3 Å².